The molecule has 0 aliphatic heterocycles. The van der Waals surface area contributed by atoms with Gasteiger partial charge in [0, 0.05) is 6.42 Å². The summed E-state index contributed by atoms with van der Waals surface area (Å²) in [5.41, 5.74) is 1.25. The Morgan fingerprint density at radius 2 is 1.57 bits per heavy atom. The van der Waals surface area contributed by atoms with Crippen LogP contribution in [0.4, 0.5) is 4.79 Å². The molecule has 2 aromatic rings. The van der Waals surface area contributed by atoms with Crippen LogP contribution >= 0.6 is 0 Å². The topological polar surface area (TPSA) is 125 Å². The Morgan fingerprint density at radius 3 is 2.07 bits per heavy atom. The predicted octanol–water partition coefficient (Wildman–Crippen LogP) is 1.47. The monoisotopic (exact) mass is 415 g/mol. The highest BCUT2D eigenvalue weighted by molar-refractivity contribution is 6.58. The number of aliphatic carboxylic acids is 1. The Labute approximate surface area is 175 Å². The third-order valence-corrected chi connectivity index (χ3v) is 4.04. The van der Waals surface area contributed by atoms with Crippen LogP contribution in [0, 0.1) is 0 Å². The molecule has 0 bridgehead atoms. The van der Waals surface area contributed by atoms with E-state index < -0.39 is 30.8 Å². The maximum absolute atomic E-state index is 11.9. The molecule has 9 heteroatoms. The third kappa shape index (κ3) is 7.77. The maximum Gasteiger partial charge on any atom is 0.488 e. The lowest BCUT2D eigenvalue weighted by Gasteiger charge is -2.22. The van der Waals surface area contributed by atoms with E-state index in [1.54, 1.807) is 69.3 Å². The van der Waals surface area contributed by atoms with E-state index in [1.807, 2.05) is 0 Å². The number of carboxylic acid groups (broad SMARTS) is 1. The quantitative estimate of drug-likeness (QED) is 0.481. The molecule has 0 radical (unpaired) electrons. The molecular weight excluding hydrogens is 389 g/mol. The summed E-state index contributed by atoms with van der Waals surface area (Å²) in [5, 5.41) is 29.9. The van der Waals surface area contributed by atoms with Crippen molar-refractivity contribution in [3.05, 3.63) is 59.7 Å². The summed E-state index contributed by atoms with van der Waals surface area (Å²) < 4.78 is 10.8. The van der Waals surface area contributed by atoms with Crippen molar-refractivity contribution < 1.29 is 34.2 Å². The minimum absolute atomic E-state index is 0.0970. The number of carbonyl (C=O) groups excluding carboxylic acids is 1. The van der Waals surface area contributed by atoms with Crippen molar-refractivity contribution >= 4 is 24.6 Å². The van der Waals surface area contributed by atoms with Crippen LogP contribution in [0.15, 0.2) is 48.5 Å². The molecule has 0 unspecified atom stereocenters. The van der Waals surface area contributed by atoms with E-state index >= 15 is 0 Å². The summed E-state index contributed by atoms with van der Waals surface area (Å²) in [6, 6.07) is 12.5. The van der Waals surface area contributed by atoms with Crippen molar-refractivity contribution in [2.75, 3.05) is 0 Å². The van der Waals surface area contributed by atoms with E-state index in [-0.39, 0.29) is 6.42 Å². The standard InChI is InChI=1S/C21H26BNO7/c1-21(2,3)30-20(26)23-18(19(24)25)12-14-6-10-17(11-7-14)29-13-15-4-8-16(9-5-15)22(27)28/h4-11,18,27-28H,12-13H2,1-3H3,(H,23,26)(H,24,25)/t18-/m0/s1. The van der Waals surface area contributed by atoms with Gasteiger partial charge in [0.1, 0.15) is 24.0 Å². The zero-order chi connectivity index (χ0) is 22.3. The Morgan fingerprint density at radius 1 is 1.00 bits per heavy atom. The molecule has 1 amide bonds. The van der Waals surface area contributed by atoms with E-state index in [9.17, 15) is 14.7 Å². The van der Waals surface area contributed by atoms with Crippen LogP contribution in [0.25, 0.3) is 0 Å². The Balaban J connectivity index is 1.91. The molecular formula is C21H26BNO7. The van der Waals surface area contributed by atoms with Gasteiger partial charge in [0.15, 0.2) is 0 Å². The van der Waals surface area contributed by atoms with Gasteiger partial charge in [0.05, 0.1) is 0 Å². The number of carboxylic acids is 1. The van der Waals surface area contributed by atoms with E-state index in [4.69, 9.17) is 19.5 Å². The lowest BCUT2D eigenvalue weighted by Crippen LogP contribution is -2.44. The summed E-state index contributed by atoms with van der Waals surface area (Å²) >= 11 is 0. The minimum Gasteiger partial charge on any atom is -0.489 e. The summed E-state index contributed by atoms with van der Waals surface area (Å²) in [6.45, 7) is 5.39. The van der Waals surface area contributed by atoms with Crippen LogP contribution in [0.2, 0.25) is 0 Å². The zero-order valence-electron chi connectivity index (χ0n) is 17.2. The number of nitrogens with one attached hydrogen (secondary N) is 1. The lowest BCUT2D eigenvalue weighted by molar-refractivity contribution is -0.139. The van der Waals surface area contributed by atoms with Gasteiger partial charge in [-0.05, 0) is 49.5 Å². The average molecular weight is 415 g/mol. The fourth-order valence-corrected chi connectivity index (χ4v) is 2.56. The number of alkyl carbamates (subject to hydrolysis) is 1. The highest BCUT2D eigenvalue weighted by Gasteiger charge is 2.24. The molecule has 4 N–H and O–H groups in total. The van der Waals surface area contributed by atoms with Crippen LogP contribution in [0.1, 0.15) is 31.9 Å². The van der Waals surface area contributed by atoms with Gasteiger partial charge in [-0.15, -0.1) is 0 Å². The largest absolute Gasteiger partial charge is 0.489 e. The summed E-state index contributed by atoms with van der Waals surface area (Å²) in [7, 11) is -1.51. The van der Waals surface area contributed by atoms with Gasteiger partial charge in [-0.3, -0.25) is 0 Å². The van der Waals surface area contributed by atoms with Gasteiger partial charge in [-0.25, -0.2) is 9.59 Å². The van der Waals surface area contributed by atoms with Gasteiger partial charge in [0.25, 0.3) is 0 Å². The highest BCUT2D eigenvalue weighted by atomic mass is 16.6. The van der Waals surface area contributed by atoms with Gasteiger partial charge in [-0.1, -0.05) is 36.4 Å². The van der Waals surface area contributed by atoms with Crippen molar-refractivity contribution in [1.82, 2.24) is 5.32 Å². The highest BCUT2D eigenvalue weighted by Crippen LogP contribution is 2.16. The van der Waals surface area contributed by atoms with Crippen molar-refractivity contribution in [2.45, 2.75) is 45.4 Å². The molecule has 0 aromatic heterocycles. The zero-order valence-corrected chi connectivity index (χ0v) is 17.2. The van der Waals surface area contributed by atoms with E-state index in [0.717, 1.165) is 5.56 Å². The second-order valence-electron chi connectivity index (χ2n) is 7.79. The van der Waals surface area contributed by atoms with Gasteiger partial charge in [-0.2, -0.15) is 0 Å². The minimum atomic E-state index is -1.51. The van der Waals surface area contributed by atoms with Crippen LogP contribution < -0.4 is 15.5 Å². The van der Waals surface area contributed by atoms with Crippen molar-refractivity contribution in [1.29, 1.82) is 0 Å². The van der Waals surface area contributed by atoms with Crippen molar-refractivity contribution in [3.63, 3.8) is 0 Å². The first-order valence-corrected chi connectivity index (χ1v) is 9.42. The molecule has 0 saturated heterocycles. The van der Waals surface area contributed by atoms with Gasteiger partial charge >= 0.3 is 19.2 Å². The number of amides is 1. The summed E-state index contributed by atoms with van der Waals surface area (Å²) in [5.74, 6) is -0.561. The fourth-order valence-electron chi connectivity index (χ4n) is 2.56. The molecule has 160 valence electrons. The average Bonchev–Trinajstić information content (AvgIpc) is 2.65. The molecule has 1 atom stereocenters. The lowest BCUT2D eigenvalue weighted by atomic mass is 9.80. The number of hydrogen-bond donors (Lipinski definition) is 4. The fraction of sp³-hybridized carbons (Fsp3) is 0.333. The van der Waals surface area contributed by atoms with E-state index in [2.05, 4.69) is 5.32 Å². The molecule has 0 fully saturated rings. The molecule has 0 aliphatic rings. The maximum atomic E-state index is 11.9. The summed E-state index contributed by atoms with van der Waals surface area (Å²) in [4.78, 5) is 23.3. The Hall–Kier alpha value is -3.04. The van der Waals surface area contributed by atoms with Gasteiger partial charge < -0.3 is 29.9 Å². The normalized spacial score (nSPS) is 12.0. The smallest absolute Gasteiger partial charge is 0.488 e. The molecule has 0 saturated carbocycles. The first-order chi connectivity index (χ1) is 14.0. The molecule has 0 aliphatic carbocycles. The molecule has 0 heterocycles. The van der Waals surface area contributed by atoms with Crippen LogP contribution in [-0.4, -0.2) is 46.0 Å². The second-order valence-corrected chi connectivity index (χ2v) is 7.79. The van der Waals surface area contributed by atoms with Crippen LogP contribution in [-0.2, 0) is 22.6 Å². The predicted molar refractivity (Wildman–Crippen MR) is 112 cm³/mol. The molecule has 2 rings (SSSR count). The molecule has 0 spiro atoms. The van der Waals surface area contributed by atoms with Crippen molar-refractivity contribution in [2.24, 2.45) is 0 Å². The number of carbonyl (C=O) groups is 2. The second kappa shape index (κ2) is 10.1. The Bertz CT molecular complexity index is 845. The summed E-state index contributed by atoms with van der Waals surface area (Å²) in [6.07, 6.45) is -0.686. The number of ether oxygens (including phenoxy) is 2. The molecule has 8 nitrogen and oxygen atoms in total. The van der Waals surface area contributed by atoms with Crippen molar-refractivity contribution in [3.8, 4) is 5.75 Å². The molecule has 30 heavy (non-hydrogen) atoms. The SMILES string of the molecule is CC(C)(C)OC(=O)N[C@@H](Cc1ccc(OCc2ccc(B(O)O)cc2)cc1)C(=O)O. The molecule has 2 aromatic carbocycles. The first-order valence-electron chi connectivity index (χ1n) is 9.42. The van der Waals surface area contributed by atoms with E-state index in [1.165, 1.54) is 0 Å². The third-order valence-electron chi connectivity index (χ3n) is 4.04. The van der Waals surface area contributed by atoms with Crippen LogP contribution in [0.5, 0.6) is 5.75 Å². The number of rotatable bonds is 8. The first kappa shape index (κ1) is 23.2. The van der Waals surface area contributed by atoms with Crippen LogP contribution in [0.3, 0.4) is 0 Å². The Kier molecular flexibility index (Phi) is 7.85. The van der Waals surface area contributed by atoms with Gasteiger partial charge in [0.2, 0.25) is 0 Å². The van der Waals surface area contributed by atoms with E-state index in [0.29, 0.717) is 23.4 Å². The number of hydrogen-bond acceptors (Lipinski definition) is 6. The number of benzene rings is 2.